The number of hydrogen-bond acceptors (Lipinski definition) is 6. The second kappa shape index (κ2) is 7.42. The molecule has 1 amide bonds. The summed E-state index contributed by atoms with van der Waals surface area (Å²) in [5.41, 5.74) is -0.0983. The van der Waals surface area contributed by atoms with Gasteiger partial charge in [-0.15, -0.1) is 10.2 Å². The molecule has 0 radical (unpaired) electrons. The molecule has 3 heterocycles. The first kappa shape index (κ1) is 17.7. The monoisotopic (exact) mass is 365 g/mol. The fourth-order valence-electron chi connectivity index (χ4n) is 3.16. The van der Waals surface area contributed by atoms with E-state index in [1.54, 1.807) is 22.5 Å². The molecule has 1 fully saturated rings. The molecule has 0 aromatic carbocycles. The van der Waals surface area contributed by atoms with Crippen LogP contribution in [0.2, 0.25) is 0 Å². The summed E-state index contributed by atoms with van der Waals surface area (Å²) >= 11 is 1.39. The van der Waals surface area contributed by atoms with E-state index < -0.39 is 0 Å². The van der Waals surface area contributed by atoms with Gasteiger partial charge in [-0.25, -0.2) is 9.48 Å². The minimum Gasteiger partial charge on any atom is -0.341 e. The summed E-state index contributed by atoms with van der Waals surface area (Å²) in [6.07, 6.45) is 3.48. The van der Waals surface area contributed by atoms with Crippen molar-refractivity contribution in [1.82, 2.24) is 34.0 Å². The SMILES string of the molecule is CCn1c(C2CCCN(C(=O)CSc3nncn3C)C2)nn(C)c1=O. The molecule has 0 aliphatic carbocycles. The molecule has 3 rings (SSSR count). The van der Waals surface area contributed by atoms with Crippen LogP contribution in [0.3, 0.4) is 0 Å². The number of piperidine rings is 1. The Morgan fingerprint density at radius 3 is 2.88 bits per heavy atom. The molecule has 9 nitrogen and oxygen atoms in total. The molecule has 1 saturated heterocycles. The van der Waals surface area contributed by atoms with Gasteiger partial charge in [-0.1, -0.05) is 11.8 Å². The number of rotatable bonds is 5. The highest BCUT2D eigenvalue weighted by molar-refractivity contribution is 7.99. The van der Waals surface area contributed by atoms with Gasteiger partial charge in [0, 0.05) is 39.6 Å². The molecule has 1 unspecified atom stereocenters. The van der Waals surface area contributed by atoms with Gasteiger partial charge in [0.25, 0.3) is 0 Å². The van der Waals surface area contributed by atoms with E-state index in [1.165, 1.54) is 16.4 Å². The lowest BCUT2D eigenvalue weighted by molar-refractivity contribution is -0.129. The predicted molar refractivity (Wildman–Crippen MR) is 93.4 cm³/mol. The van der Waals surface area contributed by atoms with Crippen LogP contribution in [0.15, 0.2) is 16.3 Å². The first-order valence-corrected chi connectivity index (χ1v) is 9.38. The van der Waals surface area contributed by atoms with Gasteiger partial charge < -0.3 is 9.47 Å². The van der Waals surface area contributed by atoms with Gasteiger partial charge in [0.2, 0.25) is 5.91 Å². The van der Waals surface area contributed by atoms with E-state index in [0.29, 0.717) is 18.8 Å². The van der Waals surface area contributed by atoms with Crippen molar-refractivity contribution in [3.05, 3.63) is 22.6 Å². The average Bonchev–Trinajstić information content (AvgIpc) is 3.16. The van der Waals surface area contributed by atoms with E-state index in [-0.39, 0.29) is 17.5 Å². The van der Waals surface area contributed by atoms with Crippen molar-refractivity contribution in [1.29, 1.82) is 0 Å². The van der Waals surface area contributed by atoms with Crippen LogP contribution >= 0.6 is 11.8 Å². The molecule has 136 valence electrons. The largest absolute Gasteiger partial charge is 0.345 e. The summed E-state index contributed by atoms with van der Waals surface area (Å²) < 4.78 is 4.88. The van der Waals surface area contributed by atoms with Crippen LogP contribution in [-0.4, -0.2) is 58.8 Å². The lowest BCUT2D eigenvalue weighted by Crippen LogP contribution is -2.41. The molecular weight excluding hydrogens is 342 g/mol. The number of likely N-dealkylation sites (tertiary alicyclic amines) is 1. The Morgan fingerprint density at radius 1 is 1.40 bits per heavy atom. The highest BCUT2D eigenvalue weighted by Gasteiger charge is 2.29. The van der Waals surface area contributed by atoms with Crippen molar-refractivity contribution in [2.75, 3.05) is 18.8 Å². The minimum absolute atomic E-state index is 0.0824. The normalized spacial score (nSPS) is 17.9. The maximum Gasteiger partial charge on any atom is 0.345 e. The second-order valence-electron chi connectivity index (χ2n) is 6.20. The fraction of sp³-hybridized carbons (Fsp3) is 0.667. The second-order valence-corrected chi connectivity index (χ2v) is 7.14. The van der Waals surface area contributed by atoms with Gasteiger partial charge in [-0.2, -0.15) is 5.10 Å². The molecule has 1 aliphatic rings. The van der Waals surface area contributed by atoms with Crippen LogP contribution in [0.25, 0.3) is 0 Å². The Hall–Kier alpha value is -2.10. The average molecular weight is 365 g/mol. The van der Waals surface area contributed by atoms with Crippen LogP contribution in [-0.2, 0) is 25.4 Å². The maximum atomic E-state index is 12.6. The van der Waals surface area contributed by atoms with Crippen LogP contribution in [0.5, 0.6) is 0 Å². The summed E-state index contributed by atoms with van der Waals surface area (Å²) in [6.45, 7) is 3.89. The number of aromatic nitrogens is 6. The van der Waals surface area contributed by atoms with E-state index in [4.69, 9.17) is 0 Å². The van der Waals surface area contributed by atoms with Crippen molar-refractivity contribution >= 4 is 17.7 Å². The van der Waals surface area contributed by atoms with Crippen LogP contribution in [0.4, 0.5) is 0 Å². The van der Waals surface area contributed by atoms with E-state index >= 15 is 0 Å². The van der Waals surface area contributed by atoms with Gasteiger partial charge in [0.1, 0.15) is 12.2 Å². The maximum absolute atomic E-state index is 12.6. The van der Waals surface area contributed by atoms with Crippen LogP contribution < -0.4 is 5.69 Å². The third-order valence-corrected chi connectivity index (χ3v) is 5.51. The molecule has 1 atom stereocenters. The Labute approximate surface area is 150 Å². The molecule has 0 saturated carbocycles. The third-order valence-electron chi connectivity index (χ3n) is 4.49. The number of aryl methyl sites for hydroxylation is 2. The first-order valence-electron chi connectivity index (χ1n) is 8.39. The number of thioether (sulfide) groups is 1. The van der Waals surface area contributed by atoms with Crippen molar-refractivity contribution in [3.63, 3.8) is 0 Å². The summed E-state index contributed by atoms with van der Waals surface area (Å²) in [7, 11) is 3.52. The number of nitrogens with zero attached hydrogens (tertiary/aromatic N) is 7. The summed E-state index contributed by atoms with van der Waals surface area (Å²) in [5, 5.41) is 12.9. The fourth-order valence-corrected chi connectivity index (χ4v) is 3.95. The lowest BCUT2D eigenvalue weighted by atomic mass is 9.97. The molecule has 25 heavy (non-hydrogen) atoms. The Kier molecular flexibility index (Phi) is 5.26. The Balaban J connectivity index is 1.67. The van der Waals surface area contributed by atoms with E-state index in [0.717, 1.165) is 30.4 Å². The van der Waals surface area contributed by atoms with Crippen molar-refractivity contribution in [3.8, 4) is 0 Å². The van der Waals surface area contributed by atoms with E-state index in [9.17, 15) is 9.59 Å². The Morgan fingerprint density at radius 2 is 2.20 bits per heavy atom. The molecule has 2 aromatic rings. The zero-order chi connectivity index (χ0) is 18.0. The summed E-state index contributed by atoms with van der Waals surface area (Å²) in [5.74, 6) is 1.31. The summed E-state index contributed by atoms with van der Waals surface area (Å²) in [4.78, 5) is 26.5. The quantitative estimate of drug-likeness (QED) is 0.705. The van der Waals surface area contributed by atoms with Gasteiger partial charge >= 0.3 is 5.69 Å². The molecule has 0 spiro atoms. The molecule has 1 aliphatic heterocycles. The van der Waals surface area contributed by atoms with Crippen molar-refractivity contribution in [2.24, 2.45) is 14.1 Å². The van der Waals surface area contributed by atoms with Crippen LogP contribution in [0, 0.1) is 0 Å². The highest BCUT2D eigenvalue weighted by Crippen LogP contribution is 2.26. The predicted octanol–water partition coefficient (Wildman–Crippen LogP) is 0.229. The first-order chi connectivity index (χ1) is 12.0. The standard InChI is InChI=1S/C15H23N7O2S/c1-4-22-13(18-20(3)15(22)24)11-6-5-7-21(8-11)12(23)9-25-14-17-16-10-19(14)2/h10-11H,4-9H2,1-3H3. The zero-order valence-electron chi connectivity index (χ0n) is 14.8. The zero-order valence-corrected chi connectivity index (χ0v) is 15.6. The molecule has 0 N–H and O–H groups in total. The third kappa shape index (κ3) is 3.63. The van der Waals surface area contributed by atoms with E-state index in [1.807, 2.05) is 18.9 Å². The van der Waals surface area contributed by atoms with Crippen LogP contribution in [0.1, 0.15) is 31.5 Å². The summed E-state index contributed by atoms with van der Waals surface area (Å²) in [6, 6.07) is 0. The molecule has 2 aromatic heterocycles. The number of carbonyl (C=O) groups excluding carboxylic acids is 1. The van der Waals surface area contributed by atoms with Crippen molar-refractivity contribution < 1.29 is 4.79 Å². The number of carbonyl (C=O) groups is 1. The number of amides is 1. The Bertz CT molecular complexity index is 809. The topological polar surface area (TPSA) is 90.8 Å². The van der Waals surface area contributed by atoms with Crippen molar-refractivity contribution in [2.45, 2.75) is 37.4 Å². The van der Waals surface area contributed by atoms with Gasteiger partial charge in [0.15, 0.2) is 5.16 Å². The highest BCUT2D eigenvalue weighted by atomic mass is 32.2. The molecular formula is C15H23N7O2S. The van der Waals surface area contributed by atoms with Gasteiger partial charge in [-0.3, -0.25) is 9.36 Å². The van der Waals surface area contributed by atoms with Gasteiger partial charge in [0.05, 0.1) is 5.75 Å². The minimum atomic E-state index is -0.0983. The van der Waals surface area contributed by atoms with Gasteiger partial charge in [-0.05, 0) is 19.8 Å². The van der Waals surface area contributed by atoms with E-state index in [2.05, 4.69) is 15.3 Å². The molecule has 0 bridgehead atoms. The smallest absolute Gasteiger partial charge is 0.341 e. The number of hydrogen-bond donors (Lipinski definition) is 0. The molecule has 10 heteroatoms. The lowest BCUT2D eigenvalue weighted by Gasteiger charge is -2.32.